The Hall–Kier alpha value is -2.43. The van der Waals surface area contributed by atoms with E-state index in [1.807, 2.05) is 0 Å². The number of aryl methyl sites for hydroxylation is 3. The molecule has 0 aliphatic heterocycles. The first-order chi connectivity index (χ1) is 12.8. The smallest absolute Gasteiger partial charge is 0.206 e. The van der Waals surface area contributed by atoms with E-state index in [0.717, 1.165) is 36.5 Å². The van der Waals surface area contributed by atoms with Gasteiger partial charge in [0.15, 0.2) is 0 Å². The summed E-state index contributed by atoms with van der Waals surface area (Å²) < 4.78 is 66.4. The molecule has 0 saturated heterocycles. The van der Waals surface area contributed by atoms with Crippen molar-refractivity contribution in [3.8, 4) is 0 Å². The van der Waals surface area contributed by atoms with Gasteiger partial charge in [-0.3, -0.25) is 0 Å². The average molecular weight is 378 g/mol. The fourth-order valence-electron chi connectivity index (χ4n) is 3.24. The van der Waals surface area contributed by atoms with E-state index in [1.165, 1.54) is 11.6 Å². The third kappa shape index (κ3) is 4.29. The summed E-state index contributed by atoms with van der Waals surface area (Å²) in [5.74, 6) is -3.15. The summed E-state index contributed by atoms with van der Waals surface area (Å²) >= 11 is 0. The normalized spacial score (nSPS) is 11.9. The summed E-state index contributed by atoms with van der Waals surface area (Å²) in [6.07, 6.45) is -1.58. The first-order valence-electron chi connectivity index (χ1n) is 8.85. The van der Waals surface area contributed by atoms with Gasteiger partial charge in [-0.2, -0.15) is 13.2 Å². The van der Waals surface area contributed by atoms with Crippen molar-refractivity contribution in [2.45, 2.75) is 38.8 Å². The van der Waals surface area contributed by atoms with Crippen LogP contribution in [0.15, 0.2) is 48.5 Å². The third-order valence-corrected chi connectivity index (χ3v) is 4.64. The van der Waals surface area contributed by atoms with Gasteiger partial charge in [0.2, 0.25) is 0 Å². The van der Waals surface area contributed by atoms with Gasteiger partial charge in [-0.05, 0) is 47.4 Å². The molecule has 0 N–H and O–H groups in total. The fourth-order valence-corrected chi connectivity index (χ4v) is 3.24. The van der Waals surface area contributed by atoms with E-state index in [4.69, 9.17) is 0 Å². The Labute approximate surface area is 154 Å². The Morgan fingerprint density at radius 3 is 1.89 bits per heavy atom. The van der Waals surface area contributed by atoms with Gasteiger partial charge in [0.1, 0.15) is 17.2 Å². The van der Waals surface area contributed by atoms with Crippen LogP contribution in [0, 0.1) is 11.6 Å². The van der Waals surface area contributed by atoms with Gasteiger partial charge in [0.25, 0.3) is 0 Å². The van der Waals surface area contributed by atoms with Gasteiger partial charge in [-0.15, -0.1) is 0 Å². The van der Waals surface area contributed by atoms with E-state index < -0.39 is 23.4 Å². The summed E-state index contributed by atoms with van der Waals surface area (Å²) in [5.41, 5.74) is 1.40. The Kier molecular flexibility index (Phi) is 5.49. The molecule has 0 fully saturated rings. The molecular formula is C22H19F5. The van der Waals surface area contributed by atoms with Crippen molar-refractivity contribution in [2.75, 3.05) is 0 Å². The molecule has 27 heavy (non-hydrogen) atoms. The molecule has 0 bridgehead atoms. The summed E-state index contributed by atoms with van der Waals surface area (Å²) in [4.78, 5) is 0. The van der Waals surface area contributed by atoms with Crippen LogP contribution in [0.3, 0.4) is 0 Å². The zero-order valence-corrected chi connectivity index (χ0v) is 14.8. The van der Waals surface area contributed by atoms with Crippen molar-refractivity contribution in [1.82, 2.24) is 0 Å². The molecule has 3 rings (SSSR count). The molecule has 0 atom stereocenters. The SMILES string of the molecule is CCCc1ccc(CCc2ccc3c(F)c(C(F)(F)F)c(F)cc3c2)cc1. The highest BCUT2D eigenvalue weighted by Gasteiger charge is 2.38. The van der Waals surface area contributed by atoms with Crippen LogP contribution in [-0.4, -0.2) is 0 Å². The third-order valence-electron chi connectivity index (χ3n) is 4.64. The lowest BCUT2D eigenvalue weighted by molar-refractivity contribution is -0.142. The van der Waals surface area contributed by atoms with Crippen molar-refractivity contribution >= 4 is 10.8 Å². The highest BCUT2D eigenvalue weighted by molar-refractivity contribution is 5.85. The Morgan fingerprint density at radius 2 is 1.30 bits per heavy atom. The van der Waals surface area contributed by atoms with Crippen molar-refractivity contribution in [1.29, 1.82) is 0 Å². The molecule has 3 aromatic rings. The van der Waals surface area contributed by atoms with Crippen LogP contribution in [0.2, 0.25) is 0 Å². The van der Waals surface area contributed by atoms with Crippen LogP contribution < -0.4 is 0 Å². The zero-order valence-electron chi connectivity index (χ0n) is 14.8. The zero-order chi connectivity index (χ0) is 19.6. The second-order valence-corrected chi connectivity index (χ2v) is 6.67. The Balaban J connectivity index is 1.82. The summed E-state index contributed by atoms with van der Waals surface area (Å²) in [7, 11) is 0. The molecule has 0 unspecified atom stereocenters. The lowest BCUT2D eigenvalue weighted by Crippen LogP contribution is -2.11. The maximum atomic E-state index is 14.1. The highest BCUT2D eigenvalue weighted by Crippen LogP contribution is 2.37. The second kappa shape index (κ2) is 7.67. The first kappa shape index (κ1) is 19.3. The van der Waals surface area contributed by atoms with Crippen molar-refractivity contribution in [3.05, 3.63) is 82.4 Å². The number of rotatable bonds is 5. The second-order valence-electron chi connectivity index (χ2n) is 6.67. The van der Waals surface area contributed by atoms with Crippen LogP contribution >= 0.6 is 0 Å². The van der Waals surface area contributed by atoms with Gasteiger partial charge < -0.3 is 0 Å². The molecule has 0 aliphatic rings. The molecule has 0 nitrogen and oxygen atoms in total. The number of hydrogen-bond acceptors (Lipinski definition) is 0. The van der Waals surface area contributed by atoms with E-state index >= 15 is 0 Å². The van der Waals surface area contributed by atoms with Crippen molar-refractivity contribution in [3.63, 3.8) is 0 Å². The van der Waals surface area contributed by atoms with Gasteiger partial charge in [-0.1, -0.05) is 55.8 Å². The maximum absolute atomic E-state index is 14.1. The number of benzene rings is 3. The molecule has 0 aromatic heterocycles. The van der Waals surface area contributed by atoms with Crippen LogP contribution in [0.5, 0.6) is 0 Å². The molecule has 3 aromatic carbocycles. The van der Waals surface area contributed by atoms with Gasteiger partial charge in [-0.25, -0.2) is 8.78 Å². The van der Waals surface area contributed by atoms with Crippen molar-refractivity contribution < 1.29 is 22.0 Å². The summed E-state index contributed by atoms with van der Waals surface area (Å²) in [5, 5.41) is -0.0924. The van der Waals surface area contributed by atoms with Crippen LogP contribution in [-0.2, 0) is 25.4 Å². The Bertz CT molecular complexity index is 940. The van der Waals surface area contributed by atoms with Crippen molar-refractivity contribution in [2.24, 2.45) is 0 Å². The molecule has 142 valence electrons. The lowest BCUT2D eigenvalue weighted by Gasteiger charge is -2.12. The molecule has 5 heteroatoms. The van der Waals surface area contributed by atoms with Crippen LogP contribution in [0.1, 0.15) is 35.6 Å². The van der Waals surface area contributed by atoms with E-state index in [-0.39, 0.29) is 10.8 Å². The molecule has 0 radical (unpaired) electrons. The standard InChI is InChI=1S/C22H19F5/c1-2-3-14-4-6-15(7-5-14)8-9-16-10-11-18-17(12-16)13-19(23)20(21(18)24)22(25,26)27/h4-7,10-13H,2-3,8-9H2,1H3. The summed E-state index contributed by atoms with van der Waals surface area (Å²) in [6.45, 7) is 2.12. The monoisotopic (exact) mass is 378 g/mol. The first-order valence-corrected chi connectivity index (χ1v) is 8.85. The van der Waals surface area contributed by atoms with E-state index in [0.29, 0.717) is 6.42 Å². The van der Waals surface area contributed by atoms with Crippen LogP contribution in [0.4, 0.5) is 22.0 Å². The number of hydrogen-bond donors (Lipinski definition) is 0. The molecule has 0 amide bonds. The molecule has 0 spiro atoms. The minimum absolute atomic E-state index is 0.133. The highest BCUT2D eigenvalue weighted by atomic mass is 19.4. The van der Waals surface area contributed by atoms with Gasteiger partial charge in [0.05, 0.1) is 0 Å². The summed E-state index contributed by atoms with van der Waals surface area (Å²) in [6, 6.07) is 13.5. The lowest BCUT2D eigenvalue weighted by atomic mass is 9.98. The predicted octanol–water partition coefficient (Wildman–Crippen LogP) is 6.87. The van der Waals surface area contributed by atoms with Crippen LogP contribution in [0.25, 0.3) is 10.8 Å². The van der Waals surface area contributed by atoms with Gasteiger partial charge in [0, 0.05) is 5.39 Å². The average Bonchev–Trinajstić information content (AvgIpc) is 2.60. The predicted molar refractivity (Wildman–Crippen MR) is 96.7 cm³/mol. The maximum Gasteiger partial charge on any atom is 0.422 e. The molecule has 0 heterocycles. The topological polar surface area (TPSA) is 0 Å². The Morgan fingerprint density at radius 1 is 0.741 bits per heavy atom. The molecule has 0 saturated carbocycles. The minimum Gasteiger partial charge on any atom is -0.206 e. The quantitative estimate of drug-likeness (QED) is 0.425. The largest absolute Gasteiger partial charge is 0.422 e. The minimum atomic E-state index is -5.06. The number of halogens is 5. The van der Waals surface area contributed by atoms with E-state index in [1.54, 1.807) is 12.1 Å². The fraction of sp³-hybridized carbons (Fsp3) is 0.273. The molecule has 0 aliphatic carbocycles. The number of alkyl halides is 3. The van der Waals surface area contributed by atoms with E-state index in [9.17, 15) is 22.0 Å². The number of fused-ring (bicyclic) bond motifs is 1. The molecular weight excluding hydrogens is 359 g/mol. The van der Waals surface area contributed by atoms with E-state index in [2.05, 4.69) is 31.2 Å². The van der Waals surface area contributed by atoms with Gasteiger partial charge >= 0.3 is 6.18 Å².